The van der Waals surface area contributed by atoms with Crippen LogP contribution in [-0.4, -0.2) is 65.1 Å². The third-order valence-electron chi connectivity index (χ3n) is 7.61. The molecule has 3 rings (SSSR count). The maximum atomic E-state index is 12.3. The molecule has 1 aromatic heterocycles. The minimum absolute atomic E-state index is 0.321. The zero-order chi connectivity index (χ0) is 29.1. The molecule has 0 bridgehead atoms. The van der Waals surface area contributed by atoms with E-state index in [2.05, 4.69) is 54.5 Å². The van der Waals surface area contributed by atoms with Crippen molar-refractivity contribution in [3.63, 3.8) is 0 Å². The minimum Gasteiger partial charge on any atom is -0.457 e. The highest BCUT2D eigenvalue weighted by Crippen LogP contribution is 2.39. The van der Waals surface area contributed by atoms with Gasteiger partial charge in [-0.1, -0.05) is 69.2 Å². The highest BCUT2D eigenvalue weighted by molar-refractivity contribution is 5.87. The van der Waals surface area contributed by atoms with Crippen LogP contribution in [0.3, 0.4) is 0 Å². The van der Waals surface area contributed by atoms with Gasteiger partial charge in [0, 0.05) is 24.7 Å². The van der Waals surface area contributed by atoms with Gasteiger partial charge < -0.3 is 24.7 Å². The Balaban J connectivity index is 1.57. The average molecular weight is 552 g/mol. The number of pyridine rings is 1. The Bertz CT molecular complexity index is 1180. The monoisotopic (exact) mass is 551 g/mol. The van der Waals surface area contributed by atoms with Crippen LogP contribution in [0.25, 0.3) is 17.0 Å². The van der Waals surface area contributed by atoms with Crippen LogP contribution in [0.5, 0.6) is 0 Å². The van der Waals surface area contributed by atoms with Gasteiger partial charge in [-0.15, -0.1) is 0 Å². The first-order valence-electron chi connectivity index (χ1n) is 14.4. The van der Waals surface area contributed by atoms with Crippen molar-refractivity contribution in [2.45, 2.75) is 78.5 Å². The number of aliphatic hydroxyl groups is 1. The van der Waals surface area contributed by atoms with Gasteiger partial charge in [0.05, 0.1) is 5.52 Å². The number of carbonyl (C=O) groups is 2. The molecule has 0 amide bonds. The number of nitrogens with zero attached hydrogens (tertiary/aromatic N) is 2. The zero-order valence-electron chi connectivity index (χ0n) is 24.5. The lowest BCUT2D eigenvalue weighted by molar-refractivity contribution is -0.436. The lowest BCUT2D eigenvalue weighted by Crippen LogP contribution is -2.72. The third-order valence-corrected chi connectivity index (χ3v) is 7.61. The second kappa shape index (κ2) is 15.2. The Morgan fingerprint density at radius 1 is 1.30 bits per heavy atom. The van der Waals surface area contributed by atoms with Gasteiger partial charge >= 0.3 is 5.97 Å². The van der Waals surface area contributed by atoms with Gasteiger partial charge in [-0.05, 0) is 63.3 Å². The summed E-state index contributed by atoms with van der Waals surface area (Å²) in [5.74, 6) is -1.11. The van der Waals surface area contributed by atoms with Crippen molar-refractivity contribution in [3.8, 4) is 0 Å². The first-order valence-corrected chi connectivity index (χ1v) is 14.4. The number of esters is 1. The number of aromatic nitrogens is 1. The molecule has 1 fully saturated rings. The number of hydrogen-bond donors (Lipinski definition) is 2. The number of rotatable bonds is 16. The molecule has 1 aliphatic rings. The molecule has 2 unspecified atom stereocenters. The molecule has 0 spiro atoms. The van der Waals surface area contributed by atoms with Gasteiger partial charge in [0.2, 0.25) is 6.41 Å². The van der Waals surface area contributed by atoms with E-state index in [4.69, 9.17) is 9.47 Å². The Morgan fingerprint density at radius 2 is 2.08 bits per heavy atom. The number of para-hydroxylation sites is 1. The third kappa shape index (κ3) is 8.07. The predicted molar refractivity (Wildman–Crippen MR) is 158 cm³/mol. The van der Waals surface area contributed by atoms with Crippen molar-refractivity contribution in [2.24, 2.45) is 11.8 Å². The molecular weight excluding hydrogens is 506 g/mol. The van der Waals surface area contributed by atoms with Crippen LogP contribution in [0, 0.1) is 11.8 Å². The second-order valence-electron chi connectivity index (χ2n) is 10.7. The summed E-state index contributed by atoms with van der Waals surface area (Å²) in [5.41, 5.74) is 2.30. The summed E-state index contributed by atoms with van der Waals surface area (Å²) in [5, 5.41) is 15.1. The number of fused-ring (bicyclic) bond motifs is 1. The molecule has 1 aromatic carbocycles. The van der Waals surface area contributed by atoms with Gasteiger partial charge in [0.1, 0.15) is 18.3 Å². The molecule has 8 nitrogen and oxygen atoms in total. The van der Waals surface area contributed by atoms with E-state index in [1.165, 1.54) is 12.5 Å². The fourth-order valence-electron chi connectivity index (χ4n) is 5.01. The molecule has 1 saturated heterocycles. The van der Waals surface area contributed by atoms with Crippen molar-refractivity contribution < 1.29 is 24.2 Å². The molecular formula is C32H45N3O5. The summed E-state index contributed by atoms with van der Waals surface area (Å²) in [6.45, 7) is 11.6. The van der Waals surface area contributed by atoms with Crippen LogP contribution in [-0.2, 0) is 19.1 Å². The first kappa shape index (κ1) is 31.6. The standard InChI is InChI=1S/C32H45N3O5/c1-6-12-23(3)27(21-35-31(38)40-32(35,5)29(7-2)39-30(37)24(4)22-36)16-18-33-17-11-10-13-25-19-26-14-8-9-15-28(26)34-20-25/h8-10,13-16,19-20,22-24,29,31,33,38H,6-7,11-12,17-18,21H2,1-5H3/b13-10+,27-16-/t23-,24?,29-,31?,32-/m1/s1. The van der Waals surface area contributed by atoms with Crippen LogP contribution < -0.4 is 5.32 Å². The van der Waals surface area contributed by atoms with Gasteiger partial charge in [-0.2, -0.15) is 0 Å². The molecule has 2 N–H and O–H groups in total. The molecule has 8 heteroatoms. The van der Waals surface area contributed by atoms with Gasteiger partial charge in [-0.3, -0.25) is 9.78 Å². The molecule has 0 aliphatic carbocycles. The van der Waals surface area contributed by atoms with Crippen molar-refractivity contribution in [2.75, 3.05) is 19.6 Å². The first-order chi connectivity index (χ1) is 19.2. The van der Waals surface area contributed by atoms with Gasteiger partial charge in [-0.25, -0.2) is 4.90 Å². The van der Waals surface area contributed by atoms with E-state index in [1.807, 2.05) is 43.1 Å². The van der Waals surface area contributed by atoms with Gasteiger partial charge in [0.25, 0.3) is 0 Å². The number of aldehydes is 1. The normalized spacial score (nSPS) is 22.1. The summed E-state index contributed by atoms with van der Waals surface area (Å²) in [4.78, 5) is 29.7. The quantitative estimate of drug-likeness (QED) is 0.0981. The molecule has 1 aliphatic heterocycles. The number of benzene rings is 1. The lowest BCUT2D eigenvalue weighted by atomic mass is 9.93. The van der Waals surface area contributed by atoms with E-state index >= 15 is 0 Å². The van der Waals surface area contributed by atoms with E-state index in [-0.39, 0.29) is 0 Å². The maximum absolute atomic E-state index is 12.3. The fraction of sp³-hybridized carbons (Fsp3) is 0.531. The largest absolute Gasteiger partial charge is 0.457 e. The molecule has 40 heavy (non-hydrogen) atoms. The number of aliphatic hydroxyl groups excluding tert-OH is 1. The highest BCUT2D eigenvalue weighted by atomic mass is 16.7. The zero-order valence-corrected chi connectivity index (χ0v) is 24.5. The van der Waals surface area contributed by atoms with E-state index in [9.17, 15) is 14.7 Å². The van der Waals surface area contributed by atoms with E-state index < -0.39 is 30.1 Å². The number of ether oxygens (including phenoxy) is 2. The fourth-order valence-corrected chi connectivity index (χ4v) is 5.01. The smallest absolute Gasteiger partial charge is 0.316 e. The predicted octanol–water partition coefficient (Wildman–Crippen LogP) is 5.07. The number of nitrogens with one attached hydrogen (secondary N) is 1. The minimum atomic E-state index is -1.08. The second-order valence-corrected chi connectivity index (χ2v) is 10.7. The lowest BCUT2D eigenvalue weighted by Gasteiger charge is -2.56. The molecule has 0 radical (unpaired) electrons. The SMILES string of the molecule is CCC[C@@H](C)/C(=C\CNCC/C=C/c1cnc2ccccc2c1)CN1C(O)O[C@]1(C)[C@@H](CC)OC(=O)C(C)C=O. The van der Waals surface area contributed by atoms with Crippen molar-refractivity contribution in [1.82, 2.24) is 15.2 Å². The molecule has 218 valence electrons. The molecule has 2 aromatic rings. The summed E-state index contributed by atoms with van der Waals surface area (Å²) < 4.78 is 11.4. The average Bonchev–Trinajstić information content (AvgIpc) is 2.95. The van der Waals surface area contributed by atoms with Crippen LogP contribution in [0.4, 0.5) is 0 Å². The van der Waals surface area contributed by atoms with Crippen LogP contribution in [0.1, 0.15) is 65.9 Å². The molecule has 5 atom stereocenters. The topological polar surface area (TPSA) is 101 Å². The summed E-state index contributed by atoms with van der Waals surface area (Å²) in [6, 6.07) is 10.2. The highest BCUT2D eigenvalue weighted by Gasteiger charge is 2.55. The van der Waals surface area contributed by atoms with E-state index in [0.29, 0.717) is 31.7 Å². The van der Waals surface area contributed by atoms with Crippen molar-refractivity contribution in [1.29, 1.82) is 0 Å². The number of hydrogen-bond acceptors (Lipinski definition) is 8. The molecule has 2 heterocycles. The summed E-state index contributed by atoms with van der Waals surface area (Å²) in [6.07, 6.45) is 10.7. The van der Waals surface area contributed by atoms with Crippen LogP contribution in [0.2, 0.25) is 0 Å². The van der Waals surface area contributed by atoms with Crippen molar-refractivity contribution in [3.05, 3.63) is 59.8 Å². The Morgan fingerprint density at radius 3 is 2.77 bits per heavy atom. The summed E-state index contributed by atoms with van der Waals surface area (Å²) in [7, 11) is 0. The number of carbonyl (C=O) groups excluding carboxylic acids is 2. The Hall–Kier alpha value is -2.91. The Labute approximate surface area is 238 Å². The van der Waals surface area contributed by atoms with Crippen LogP contribution >= 0.6 is 0 Å². The molecule has 0 saturated carbocycles. The van der Waals surface area contributed by atoms with E-state index in [0.717, 1.165) is 42.3 Å². The summed E-state index contributed by atoms with van der Waals surface area (Å²) >= 11 is 0. The Kier molecular flexibility index (Phi) is 12.0. The van der Waals surface area contributed by atoms with Crippen molar-refractivity contribution >= 4 is 29.2 Å². The van der Waals surface area contributed by atoms with Crippen LogP contribution in [0.15, 0.2) is 54.3 Å². The van der Waals surface area contributed by atoms with E-state index in [1.54, 1.807) is 0 Å². The maximum Gasteiger partial charge on any atom is 0.316 e. The van der Waals surface area contributed by atoms with Gasteiger partial charge in [0.15, 0.2) is 5.72 Å².